The van der Waals surface area contributed by atoms with Gasteiger partial charge in [0.25, 0.3) is 5.91 Å². The number of nitrogens with zero attached hydrogens (tertiary/aromatic N) is 2. The Morgan fingerprint density at radius 1 is 0.980 bits per heavy atom. The molecule has 276 valence electrons. The van der Waals surface area contributed by atoms with Gasteiger partial charge in [0.2, 0.25) is 0 Å². The molecule has 6 rings (SSSR count). The molecule has 0 radical (unpaired) electrons. The number of aryl methyl sites for hydroxylation is 1. The molecule has 3 heterocycles. The fourth-order valence-corrected chi connectivity index (χ4v) is 9.88. The number of hydrogen-bond donors (Lipinski definition) is 2. The molecular weight excluding hydrogens is 668 g/mol. The Morgan fingerprint density at radius 3 is 2.68 bits per heavy atom. The van der Waals surface area contributed by atoms with Gasteiger partial charge in [-0.15, -0.1) is 0 Å². The summed E-state index contributed by atoms with van der Waals surface area (Å²) < 4.78 is 28.7. The van der Waals surface area contributed by atoms with Crippen LogP contribution < -0.4 is 19.7 Å². The molecule has 3 aliphatic heterocycles. The fraction of sp³-hybridized carbons (Fsp3) is 0.675. The van der Waals surface area contributed by atoms with Gasteiger partial charge in [0.15, 0.2) is 0 Å². The Morgan fingerprint density at radius 2 is 1.86 bits per heavy atom. The maximum absolute atomic E-state index is 13.5. The second kappa shape index (κ2) is 18.0. The summed E-state index contributed by atoms with van der Waals surface area (Å²) in [7, 11) is -1.47. The molecular formula is C40H59ClN4O4S. The highest BCUT2D eigenvalue weighted by Crippen LogP contribution is 2.45. The van der Waals surface area contributed by atoms with Gasteiger partial charge in [0.1, 0.15) is 16.7 Å². The topological polar surface area (TPSA) is 83.1 Å². The van der Waals surface area contributed by atoms with Gasteiger partial charge in [-0.1, -0.05) is 44.4 Å². The zero-order valence-electron chi connectivity index (χ0n) is 30.5. The van der Waals surface area contributed by atoms with Crippen molar-refractivity contribution in [2.45, 2.75) is 83.3 Å². The Kier molecular flexibility index (Phi) is 13.6. The van der Waals surface area contributed by atoms with Crippen molar-refractivity contribution >= 4 is 34.2 Å². The molecule has 7 atom stereocenters. The number of anilines is 1. The van der Waals surface area contributed by atoms with Gasteiger partial charge in [-0.2, -0.15) is 0 Å². The molecule has 50 heavy (non-hydrogen) atoms. The third-order valence-electron chi connectivity index (χ3n) is 11.9. The minimum absolute atomic E-state index is 0.131. The van der Waals surface area contributed by atoms with E-state index in [1.165, 1.54) is 30.4 Å². The molecule has 2 fully saturated rings. The molecule has 4 aliphatic rings. The summed E-state index contributed by atoms with van der Waals surface area (Å²) in [6, 6.07) is 12.1. The number of halogens is 1. The molecule has 1 saturated heterocycles. The zero-order valence-corrected chi connectivity index (χ0v) is 32.0. The molecule has 8 nitrogen and oxygen atoms in total. The third kappa shape index (κ3) is 9.43. The van der Waals surface area contributed by atoms with Crippen molar-refractivity contribution in [3.63, 3.8) is 0 Å². The first-order valence-corrected chi connectivity index (χ1v) is 20.9. The van der Waals surface area contributed by atoms with E-state index in [4.69, 9.17) is 21.1 Å². The van der Waals surface area contributed by atoms with E-state index in [1.807, 2.05) is 31.2 Å². The van der Waals surface area contributed by atoms with E-state index >= 15 is 0 Å². The second-order valence-electron chi connectivity index (χ2n) is 15.3. The molecule has 2 bridgehead atoms. The highest BCUT2D eigenvalue weighted by atomic mass is 35.5. The number of benzene rings is 2. The summed E-state index contributed by atoms with van der Waals surface area (Å²) in [4.78, 5) is 18.7. The number of rotatable bonds is 5. The average molecular weight is 727 g/mol. The molecule has 1 amide bonds. The van der Waals surface area contributed by atoms with Gasteiger partial charge in [-0.05, 0) is 111 Å². The SMILES string of the molecule is CCCc1cc(Cl)ccc1C1COc2ccc3cc2N(C1)CC1CCC1C(CN1CCCOCCNCC1)CCCC(C)C(C)S(=O)NC3=O. The third-order valence-corrected chi connectivity index (χ3v) is 13.7. The highest BCUT2D eigenvalue weighted by molar-refractivity contribution is 7.84. The first kappa shape index (κ1) is 37.6. The average Bonchev–Trinajstić information content (AvgIpc) is 3.27. The monoisotopic (exact) mass is 726 g/mol. The first-order chi connectivity index (χ1) is 24.3. The minimum atomic E-state index is -1.47. The van der Waals surface area contributed by atoms with Crippen LogP contribution in [0.4, 0.5) is 5.69 Å². The molecule has 1 saturated carbocycles. The normalized spacial score (nSPS) is 30.6. The summed E-state index contributed by atoms with van der Waals surface area (Å²) in [5.74, 6) is 2.76. The summed E-state index contributed by atoms with van der Waals surface area (Å²) in [6.07, 6.45) is 8.89. The highest BCUT2D eigenvalue weighted by Gasteiger charge is 2.40. The van der Waals surface area contributed by atoms with E-state index in [9.17, 15) is 9.00 Å². The van der Waals surface area contributed by atoms with Crippen molar-refractivity contribution in [2.75, 3.05) is 70.5 Å². The quantitative estimate of drug-likeness (QED) is 0.350. The number of ether oxygens (including phenoxy) is 2. The van der Waals surface area contributed by atoms with Crippen LogP contribution >= 0.6 is 11.6 Å². The lowest BCUT2D eigenvalue weighted by Gasteiger charge is -2.46. The van der Waals surface area contributed by atoms with Crippen LogP contribution in [0.1, 0.15) is 93.1 Å². The van der Waals surface area contributed by atoms with Crippen LogP contribution in [-0.4, -0.2) is 85.9 Å². The lowest BCUT2D eigenvalue weighted by Crippen LogP contribution is -2.46. The van der Waals surface area contributed by atoms with Crippen molar-refractivity contribution in [1.82, 2.24) is 14.9 Å². The number of amides is 1. The first-order valence-electron chi connectivity index (χ1n) is 19.3. The molecule has 0 spiro atoms. The Hall–Kier alpha value is -2.17. The predicted octanol–water partition coefficient (Wildman–Crippen LogP) is 6.83. The van der Waals surface area contributed by atoms with Crippen LogP contribution in [0.3, 0.4) is 0 Å². The standard InChI is InChI=1S/C40H59ClN4O4S/c1-4-7-30-22-35(41)12-14-36(30)34-26-45-25-33-10-13-37(33)32(24-44-18-6-20-48-21-17-42-16-19-44)9-5-8-28(2)29(3)50(47)43-40(46)31-11-15-39(49-27-34)38(45)23-31/h11-12,14-15,22-23,28-29,32-34,37,42H,4-10,13,16-21,24-27H2,1-3H3,(H,43,46). The minimum Gasteiger partial charge on any atom is -0.491 e. The lowest BCUT2D eigenvalue weighted by atomic mass is 9.65. The van der Waals surface area contributed by atoms with Crippen molar-refractivity contribution in [3.8, 4) is 5.75 Å². The van der Waals surface area contributed by atoms with Crippen molar-refractivity contribution in [3.05, 3.63) is 58.1 Å². The van der Waals surface area contributed by atoms with Crippen LogP contribution in [0.2, 0.25) is 5.02 Å². The summed E-state index contributed by atoms with van der Waals surface area (Å²) in [5, 5.41) is 4.21. The maximum atomic E-state index is 13.5. The van der Waals surface area contributed by atoms with Crippen LogP contribution in [0.15, 0.2) is 36.4 Å². The zero-order chi connectivity index (χ0) is 35.0. The lowest BCUT2D eigenvalue weighted by molar-refractivity contribution is 0.0611. The molecule has 2 N–H and O–H groups in total. The van der Waals surface area contributed by atoms with Gasteiger partial charge in [0, 0.05) is 68.9 Å². The Balaban J connectivity index is 1.32. The largest absolute Gasteiger partial charge is 0.491 e. The molecule has 2 aromatic rings. The van der Waals surface area contributed by atoms with Gasteiger partial charge in [0.05, 0.1) is 24.2 Å². The van der Waals surface area contributed by atoms with Crippen molar-refractivity contribution in [2.24, 2.45) is 23.7 Å². The summed E-state index contributed by atoms with van der Waals surface area (Å²) in [5.41, 5.74) is 4.09. The number of hydrogen-bond acceptors (Lipinski definition) is 7. The summed E-state index contributed by atoms with van der Waals surface area (Å²) >= 11 is 6.49. The fourth-order valence-electron chi connectivity index (χ4n) is 8.64. The van der Waals surface area contributed by atoms with Gasteiger partial charge in [-0.3, -0.25) is 9.52 Å². The summed E-state index contributed by atoms with van der Waals surface area (Å²) in [6.45, 7) is 15.5. The van der Waals surface area contributed by atoms with E-state index < -0.39 is 11.0 Å². The molecule has 2 aromatic carbocycles. The molecule has 7 unspecified atom stereocenters. The van der Waals surface area contributed by atoms with Crippen LogP contribution in [0.5, 0.6) is 5.75 Å². The van der Waals surface area contributed by atoms with E-state index in [-0.39, 0.29) is 23.0 Å². The number of fused-ring (bicyclic) bond motifs is 2. The molecule has 10 heteroatoms. The van der Waals surface area contributed by atoms with E-state index in [0.717, 1.165) is 108 Å². The van der Waals surface area contributed by atoms with E-state index in [0.29, 0.717) is 29.9 Å². The Labute approximate surface area is 308 Å². The second-order valence-corrected chi connectivity index (χ2v) is 17.3. The smallest absolute Gasteiger partial charge is 0.263 e. The van der Waals surface area contributed by atoms with E-state index in [1.54, 1.807) is 0 Å². The van der Waals surface area contributed by atoms with E-state index in [2.05, 4.69) is 45.8 Å². The number of nitrogens with one attached hydrogen (secondary N) is 2. The van der Waals surface area contributed by atoms with Crippen LogP contribution in [0.25, 0.3) is 0 Å². The molecule has 1 aliphatic carbocycles. The van der Waals surface area contributed by atoms with Crippen molar-refractivity contribution < 1.29 is 18.5 Å². The van der Waals surface area contributed by atoms with Gasteiger partial charge >= 0.3 is 0 Å². The maximum Gasteiger partial charge on any atom is 0.263 e. The predicted molar refractivity (Wildman–Crippen MR) is 205 cm³/mol. The van der Waals surface area contributed by atoms with Crippen LogP contribution in [0, 0.1) is 23.7 Å². The van der Waals surface area contributed by atoms with Crippen molar-refractivity contribution in [1.29, 1.82) is 0 Å². The number of carbonyl (C=O) groups excluding carboxylic acids is 1. The van der Waals surface area contributed by atoms with Gasteiger partial charge in [-0.25, -0.2) is 4.21 Å². The Bertz CT molecular complexity index is 1450. The van der Waals surface area contributed by atoms with Crippen LogP contribution in [-0.2, 0) is 22.1 Å². The molecule has 0 aromatic heterocycles. The number of carbonyl (C=O) groups is 1. The van der Waals surface area contributed by atoms with Gasteiger partial charge < -0.3 is 24.6 Å².